The maximum Gasteiger partial charge on any atom is 0.216 e. The first kappa shape index (κ1) is 22.0. The highest BCUT2D eigenvalue weighted by molar-refractivity contribution is 14.0. The molecule has 0 bridgehead atoms. The molecular formula is C18H25IN6O3. The molecule has 3 N–H and O–H groups in total. The Bertz CT molecular complexity index is 801. The monoisotopic (exact) mass is 500 g/mol. The Labute approximate surface area is 180 Å². The summed E-state index contributed by atoms with van der Waals surface area (Å²) in [5.74, 6) is 3.58. The van der Waals surface area contributed by atoms with Crippen molar-refractivity contribution in [1.82, 2.24) is 25.8 Å². The molecule has 0 aliphatic heterocycles. The number of hydrogen-bond acceptors (Lipinski definition) is 6. The largest absolute Gasteiger partial charge is 0.467 e. The van der Waals surface area contributed by atoms with E-state index in [1.54, 1.807) is 19.6 Å². The van der Waals surface area contributed by atoms with Crippen molar-refractivity contribution in [2.45, 2.75) is 19.4 Å². The second-order valence-electron chi connectivity index (χ2n) is 5.74. The Kier molecular flexibility index (Phi) is 9.55. The number of aliphatic imine (C=N–C) groups is 1. The molecule has 28 heavy (non-hydrogen) atoms. The topological polar surface area (TPSA) is 114 Å². The van der Waals surface area contributed by atoms with Crippen molar-refractivity contribution >= 4 is 29.9 Å². The van der Waals surface area contributed by atoms with Crippen molar-refractivity contribution in [3.63, 3.8) is 0 Å². The predicted molar refractivity (Wildman–Crippen MR) is 116 cm³/mol. The van der Waals surface area contributed by atoms with Gasteiger partial charge < -0.3 is 24.2 Å². The molecule has 0 aromatic carbocycles. The molecule has 0 saturated carbocycles. The maximum absolute atomic E-state index is 5.54. The summed E-state index contributed by atoms with van der Waals surface area (Å²) in [7, 11) is 1.74. The molecule has 0 radical (unpaired) electrons. The molecule has 0 spiro atoms. The summed E-state index contributed by atoms with van der Waals surface area (Å²) in [6.07, 6.45) is 4.81. The van der Waals surface area contributed by atoms with Crippen LogP contribution in [0.1, 0.15) is 18.0 Å². The predicted octanol–water partition coefficient (Wildman–Crippen LogP) is 2.59. The molecule has 3 aromatic rings. The van der Waals surface area contributed by atoms with Gasteiger partial charge in [-0.2, -0.15) is 5.10 Å². The molecule has 152 valence electrons. The van der Waals surface area contributed by atoms with E-state index >= 15 is 0 Å². The molecule has 3 aromatic heterocycles. The number of furan rings is 2. The van der Waals surface area contributed by atoms with Gasteiger partial charge in [0.25, 0.3) is 0 Å². The summed E-state index contributed by atoms with van der Waals surface area (Å²) < 4.78 is 16.0. The van der Waals surface area contributed by atoms with E-state index in [4.69, 9.17) is 13.6 Å². The van der Waals surface area contributed by atoms with Crippen LogP contribution in [0.15, 0.2) is 50.6 Å². The van der Waals surface area contributed by atoms with Crippen molar-refractivity contribution in [3.05, 3.63) is 48.4 Å². The van der Waals surface area contributed by atoms with Gasteiger partial charge >= 0.3 is 0 Å². The van der Waals surface area contributed by atoms with E-state index in [0.29, 0.717) is 37.8 Å². The van der Waals surface area contributed by atoms with Crippen LogP contribution in [-0.4, -0.2) is 47.9 Å². The molecule has 0 amide bonds. The van der Waals surface area contributed by atoms with E-state index in [9.17, 15) is 0 Å². The molecule has 3 rings (SSSR count). The molecule has 0 aliphatic carbocycles. The quantitative estimate of drug-likeness (QED) is 0.170. The van der Waals surface area contributed by atoms with Crippen LogP contribution in [0.4, 0.5) is 0 Å². The fraction of sp³-hybridized carbons (Fsp3) is 0.389. The van der Waals surface area contributed by atoms with Gasteiger partial charge in [-0.25, -0.2) is 4.98 Å². The lowest BCUT2D eigenvalue weighted by atomic mass is 10.4. The highest BCUT2D eigenvalue weighted by Gasteiger charge is 2.08. The summed E-state index contributed by atoms with van der Waals surface area (Å²) in [4.78, 5) is 8.61. The number of guanidine groups is 1. The van der Waals surface area contributed by atoms with E-state index in [1.165, 1.54) is 0 Å². The Hall–Kier alpha value is -2.34. The lowest BCUT2D eigenvalue weighted by Gasteiger charge is -2.11. The van der Waals surface area contributed by atoms with Crippen LogP contribution in [-0.2, 0) is 17.8 Å². The Morgan fingerprint density at radius 2 is 2.00 bits per heavy atom. The van der Waals surface area contributed by atoms with Gasteiger partial charge in [-0.05, 0) is 30.7 Å². The number of rotatable bonds is 10. The van der Waals surface area contributed by atoms with Crippen LogP contribution >= 0.6 is 24.0 Å². The highest BCUT2D eigenvalue weighted by Crippen LogP contribution is 2.14. The minimum atomic E-state index is 0. The van der Waals surface area contributed by atoms with Gasteiger partial charge in [-0.3, -0.25) is 10.1 Å². The fourth-order valence-electron chi connectivity index (χ4n) is 2.39. The number of aromatic amines is 1. The zero-order valence-electron chi connectivity index (χ0n) is 15.7. The van der Waals surface area contributed by atoms with Crippen LogP contribution in [0, 0.1) is 0 Å². The first-order valence-electron chi connectivity index (χ1n) is 8.85. The summed E-state index contributed by atoms with van der Waals surface area (Å²) in [5.41, 5.74) is 0. The van der Waals surface area contributed by atoms with Crippen LogP contribution in [0.3, 0.4) is 0 Å². The standard InChI is InChI=1S/C18H24N6O3.HI/c1-19-18(20-8-4-10-25-13-14-5-2-11-26-14)21-9-7-16-22-17(24-23-16)15-6-3-12-27-15;/h2-3,5-6,11-12H,4,7-10,13H2,1H3,(H2,19,20,21)(H,22,23,24);1H. The summed E-state index contributed by atoms with van der Waals surface area (Å²) in [6.45, 7) is 2.60. The molecule has 0 aliphatic rings. The third kappa shape index (κ3) is 7.00. The van der Waals surface area contributed by atoms with Gasteiger partial charge in [0.05, 0.1) is 12.5 Å². The smallest absolute Gasteiger partial charge is 0.216 e. The van der Waals surface area contributed by atoms with Crippen molar-refractivity contribution < 1.29 is 13.6 Å². The van der Waals surface area contributed by atoms with Crippen molar-refractivity contribution in [2.24, 2.45) is 4.99 Å². The van der Waals surface area contributed by atoms with Crippen molar-refractivity contribution in [2.75, 3.05) is 26.7 Å². The number of nitrogens with zero attached hydrogens (tertiary/aromatic N) is 3. The first-order valence-corrected chi connectivity index (χ1v) is 8.85. The zero-order valence-corrected chi connectivity index (χ0v) is 18.0. The van der Waals surface area contributed by atoms with Gasteiger partial charge in [-0.15, -0.1) is 24.0 Å². The minimum absolute atomic E-state index is 0. The Morgan fingerprint density at radius 3 is 2.75 bits per heavy atom. The van der Waals surface area contributed by atoms with E-state index in [1.807, 2.05) is 24.3 Å². The molecule has 0 saturated heterocycles. The average Bonchev–Trinajstić information content (AvgIpc) is 3.45. The zero-order chi connectivity index (χ0) is 18.7. The number of H-pyrrole nitrogens is 1. The molecule has 9 nitrogen and oxygen atoms in total. The van der Waals surface area contributed by atoms with Crippen LogP contribution < -0.4 is 10.6 Å². The molecule has 3 heterocycles. The lowest BCUT2D eigenvalue weighted by molar-refractivity contribution is 0.105. The molecule has 0 unspecified atom stereocenters. The normalized spacial score (nSPS) is 11.2. The second kappa shape index (κ2) is 12.2. The highest BCUT2D eigenvalue weighted by atomic mass is 127. The van der Waals surface area contributed by atoms with Crippen molar-refractivity contribution in [1.29, 1.82) is 0 Å². The maximum atomic E-state index is 5.54. The first-order chi connectivity index (χ1) is 13.3. The Balaban J connectivity index is 0.00000280. The SMILES string of the molecule is CN=C(NCCCOCc1ccco1)NCCc1nc(-c2ccco2)n[nH]1.I. The van der Waals surface area contributed by atoms with E-state index in [2.05, 4.69) is 30.8 Å². The number of nitrogens with one attached hydrogen (secondary N) is 3. The summed E-state index contributed by atoms with van der Waals surface area (Å²) in [6, 6.07) is 7.39. The molecule has 10 heteroatoms. The van der Waals surface area contributed by atoms with Gasteiger partial charge in [0.15, 0.2) is 11.7 Å². The Morgan fingerprint density at radius 1 is 1.18 bits per heavy atom. The summed E-state index contributed by atoms with van der Waals surface area (Å²) in [5, 5.41) is 13.6. The van der Waals surface area contributed by atoms with Gasteiger partial charge in [0.1, 0.15) is 18.2 Å². The van der Waals surface area contributed by atoms with Gasteiger partial charge in [0.2, 0.25) is 5.82 Å². The number of halogens is 1. The fourth-order valence-corrected chi connectivity index (χ4v) is 2.39. The number of hydrogen-bond donors (Lipinski definition) is 3. The minimum Gasteiger partial charge on any atom is -0.467 e. The number of ether oxygens (including phenoxy) is 1. The van der Waals surface area contributed by atoms with Crippen molar-refractivity contribution in [3.8, 4) is 11.6 Å². The van der Waals surface area contributed by atoms with Gasteiger partial charge in [0, 0.05) is 33.2 Å². The number of aromatic nitrogens is 3. The van der Waals surface area contributed by atoms with E-state index in [0.717, 1.165) is 30.5 Å². The second-order valence-corrected chi connectivity index (χ2v) is 5.74. The van der Waals surface area contributed by atoms with E-state index < -0.39 is 0 Å². The summed E-state index contributed by atoms with van der Waals surface area (Å²) >= 11 is 0. The third-order valence-corrected chi connectivity index (χ3v) is 3.73. The molecule has 0 atom stereocenters. The average molecular weight is 500 g/mol. The van der Waals surface area contributed by atoms with E-state index in [-0.39, 0.29) is 24.0 Å². The van der Waals surface area contributed by atoms with Crippen LogP contribution in [0.5, 0.6) is 0 Å². The molecular weight excluding hydrogens is 475 g/mol. The lowest BCUT2D eigenvalue weighted by Crippen LogP contribution is -2.39. The van der Waals surface area contributed by atoms with Crippen LogP contribution in [0.25, 0.3) is 11.6 Å². The van der Waals surface area contributed by atoms with Crippen LogP contribution in [0.2, 0.25) is 0 Å². The third-order valence-electron chi connectivity index (χ3n) is 3.73. The van der Waals surface area contributed by atoms with Gasteiger partial charge in [-0.1, -0.05) is 0 Å². The molecule has 0 fully saturated rings.